The van der Waals surface area contributed by atoms with Crippen LogP contribution < -0.4 is 5.32 Å². The van der Waals surface area contributed by atoms with Gasteiger partial charge < -0.3 is 10.2 Å². The van der Waals surface area contributed by atoms with Gasteiger partial charge in [-0.15, -0.1) is 0 Å². The van der Waals surface area contributed by atoms with Crippen LogP contribution in [-0.4, -0.2) is 58.5 Å². The summed E-state index contributed by atoms with van der Waals surface area (Å²) in [7, 11) is 0. The minimum absolute atomic E-state index is 0. The molecule has 1 unspecified atom stereocenters. The molecule has 0 fully saturated rings. The third-order valence-corrected chi connectivity index (χ3v) is 0.822. The van der Waals surface area contributed by atoms with E-state index >= 15 is 0 Å². The number of carboxylic acids is 1. The van der Waals surface area contributed by atoms with Gasteiger partial charge in [-0.05, 0) is 13.0 Å². The van der Waals surface area contributed by atoms with Crippen molar-refractivity contribution in [2.75, 3.05) is 6.54 Å². The van der Waals surface area contributed by atoms with Crippen LogP contribution in [0.25, 0.3) is 0 Å². The molecule has 0 saturated heterocycles. The summed E-state index contributed by atoms with van der Waals surface area (Å²) in [5, 5.41) is 19.0. The molecular formula is C5H12NNaO3. The molecule has 0 aliphatic heterocycles. The Labute approximate surface area is 81.9 Å². The van der Waals surface area contributed by atoms with Gasteiger partial charge in [-0.25, -0.2) is 4.79 Å². The summed E-state index contributed by atoms with van der Waals surface area (Å²) in [4.78, 5) is 9.89. The molecule has 0 aromatic rings. The first-order valence-corrected chi connectivity index (χ1v) is 2.82. The van der Waals surface area contributed by atoms with Crippen molar-refractivity contribution in [1.82, 2.24) is 5.32 Å². The monoisotopic (exact) mass is 157 g/mol. The van der Waals surface area contributed by atoms with E-state index in [9.17, 15) is 4.79 Å². The quantitative estimate of drug-likeness (QED) is 0.352. The zero-order chi connectivity index (χ0) is 7.28. The van der Waals surface area contributed by atoms with E-state index in [-0.39, 0.29) is 29.6 Å². The van der Waals surface area contributed by atoms with Gasteiger partial charge >= 0.3 is 35.5 Å². The molecule has 0 heterocycles. The Morgan fingerprint density at radius 2 is 2.20 bits per heavy atom. The molecule has 56 valence electrons. The second-order valence-corrected chi connectivity index (χ2v) is 1.69. The van der Waals surface area contributed by atoms with E-state index in [1.165, 1.54) is 0 Å². The Hall–Kier alpha value is 0.390. The molecule has 10 heavy (non-hydrogen) atoms. The molecule has 0 aromatic carbocycles. The fraction of sp³-hybridized carbons (Fsp3) is 0.800. The van der Waals surface area contributed by atoms with Crippen molar-refractivity contribution in [1.29, 1.82) is 0 Å². The number of aliphatic carboxylic acids is 1. The third-order valence-electron chi connectivity index (χ3n) is 0.822. The van der Waals surface area contributed by atoms with Crippen molar-refractivity contribution in [3.63, 3.8) is 0 Å². The molecular weight excluding hydrogens is 145 g/mol. The number of aliphatic hydroxyl groups is 1. The predicted octanol–water partition coefficient (Wildman–Crippen LogP) is -1.26. The van der Waals surface area contributed by atoms with Gasteiger partial charge in [-0.2, -0.15) is 0 Å². The summed E-state index contributed by atoms with van der Waals surface area (Å²) in [6, 6.07) is 0. The number of nitrogens with one attached hydrogen (secondary N) is 1. The van der Waals surface area contributed by atoms with Gasteiger partial charge in [-0.1, -0.05) is 6.92 Å². The van der Waals surface area contributed by atoms with Crippen LogP contribution in [-0.2, 0) is 4.79 Å². The van der Waals surface area contributed by atoms with Crippen molar-refractivity contribution in [3.05, 3.63) is 0 Å². The molecule has 5 heteroatoms. The standard InChI is InChI=1S/C5H11NO3.Na.H/c1-2-3-6-4(7)5(8)9;;/h4,6-7H,2-3H2,1H3,(H,8,9);;. The van der Waals surface area contributed by atoms with Crippen molar-refractivity contribution in [3.8, 4) is 0 Å². The second kappa shape index (κ2) is 7.50. The van der Waals surface area contributed by atoms with Crippen LogP contribution in [0, 0.1) is 0 Å². The maximum atomic E-state index is 9.89. The van der Waals surface area contributed by atoms with Gasteiger partial charge in [0.25, 0.3) is 0 Å². The molecule has 0 amide bonds. The molecule has 0 rings (SSSR count). The van der Waals surface area contributed by atoms with E-state index in [1.807, 2.05) is 6.92 Å². The summed E-state index contributed by atoms with van der Waals surface area (Å²) >= 11 is 0. The van der Waals surface area contributed by atoms with E-state index in [0.29, 0.717) is 6.54 Å². The average molecular weight is 157 g/mol. The zero-order valence-electron chi connectivity index (χ0n) is 5.29. The number of hydrogen-bond donors (Lipinski definition) is 3. The van der Waals surface area contributed by atoms with E-state index in [2.05, 4.69) is 5.32 Å². The van der Waals surface area contributed by atoms with Crippen LogP contribution in [0.15, 0.2) is 0 Å². The van der Waals surface area contributed by atoms with Crippen LogP contribution >= 0.6 is 0 Å². The molecule has 4 nitrogen and oxygen atoms in total. The Bertz CT molecular complexity index is 98.9. The first-order valence-electron chi connectivity index (χ1n) is 2.82. The Kier molecular flexibility index (Phi) is 9.76. The minimum atomic E-state index is -1.41. The maximum absolute atomic E-state index is 9.89. The van der Waals surface area contributed by atoms with E-state index in [1.54, 1.807) is 0 Å². The Morgan fingerprint density at radius 1 is 1.70 bits per heavy atom. The van der Waals surface area contributed by atoms with Gasteiger partial charge in [0.1, 0.15) is 0 Å². The number of carbonyl (C=O) groups is 1. The molecule has 1 atom stereocenters. The topological polar surface area (TPSA) is 69.6 Å². The molecule has 0 spiro atoms. The van der Waals surface area contributed by atoms with E-state index in [4.69, 9.17) is 10.2 Å². The SMILES string of the molecule is CCCNC(O)C(=O)O.[NaH]. The summed E-state index contributed by atoms with van der Waals surface area (Å²) in [6.07, 6.45) is -0.602. The van der Waals surface area contributed by atoms with Crippen LogP contribution in [0.5, 0.6) is 0 Å². The molecule has 0 bridgehead atoms. The van der Waals surface area contributed by atoms with Crippen LogP contribution in [0.3, 0.4) is 0 Å². The van der Waals surface area contributed by atoms with Gasteiger partial charge in [0.05, 0.1) is 0 Å². The Morgan fingerprint density at radius 3 is 2.50 bits per heavy atom. The van der Waals surface area contributed by atoms with Gasteiger partial charge in [-0.3, -0.25) is 5.32 Å². The fourth-order valence-corrected chi connectivity index (χ4v) is 0.368. The summed E-state index contributed by atoms with van der Waals surface area (Å²) in [5.41, 5.74) is 0. The molecule has 0 saturated carbocycles. The molecule has 0 radical (unpaired) electrons. The molecule has 0 aromatic heterocycles. The summed E-state index contributed by atoms with van der Waals surface area (Å²) < 4.78 is 0. The van der Waals surface area contributed by atoms with E-state index < -0.39 is 12.2 Å². The van der Waals surface area contributed by atoms with Crippen molar-refractivity contribution < 1.29 is 15.0 Å². The second-order valence-electron chi connectivity index (χ2n) is 1.69. The summed E-state index contributed by atoms with van der Waals surface area (Å²) in [5.74, 6) is -1.23. The van der Waals surface area contributed by atoms with Crippen LogP contribution in [0.2, 0.25) is 0 Å². The molecule has 0 aliphatic rings. The van der Waals surface area contributed by atoms with Crippen molar-refractivity contribution in [2.24, 2.45) is 0 Å². The number of carboxylic acid groups (broad SMARTS) is 1. The van der Waals surface area contributed by atoms with E-state index in [0.717, 1.165) is 6.42 Å². The van der Waals surface area contributed by atoms with Crippen LogP contribution in [0.4, 0.5) is 0 Å². The normalized spacial score (nSPS) is 11.8. The first-order chi connectivity index (χ1) is 4.18. The Balaban J connectivity index is 0. The third kappa shape index (κ3) is 6.51. The fourth-order valence-electron chi connectivity index (χ4n) is 0.368. The predicted molar refractivity (Wildman–Crippen MR) is 39.1 cm³/mol. The number of rotatable bonds is 4. The first kappa shape index (κ1) is 13.0. The number of aliphatic hydroxyl groups excluding tert-OH is 1. The van der Waals surface area contributed by atoms with Crippen molar-refractivity contribution in [2.45, 2.75) is 19.6 Å². The van der Waals surface area contributed by atoms with Gasteiger partial charge in [0, 0.05) is 0 Å². The number of hydrogen-bond acceptors (Lipinski definition) is 3. The van der Waals surface area contributed by atoms with Gasteiger partial charge in [0.2, 0.25) is 6.23 Å². The molecule has 0 aliphatic carbocycles. The zero-order valence-corrected chi connectivity index (χ0v) is 5.29. The van der Waals surface area contributed by atoms with Crippen LogP contribution in [0.1, 0.15) is 13.3 Å². The van der Waals surface area contributed by atoms with Gasteiger partial charge in [0.15, 0.2) is 0 Å². The summed E-state index contributed by atoms with van der Waals surface area (Å²) in [6.45, 7) is 2.41. The van der Waals surface area contributed by atoms with Crippen molar-refractivity contribution >= 4 is 35.5 Å². The average Bonchev–Trinajstić information content (AvgIpc) is 1.82. The molecule has 3 N–H and O–H groups in total.